The molecule has 3 rings (SSSR count). The summed E-state index contributed by atoms with van der Waals surface area (Å²) in [7, 11) is 1.50. The topological polar surface area (TPSA) is 103 Å². The zero-order valence-corrected chi connectivity index (χ0v) is 18.3. The zero-order chi connectivity index (χ0) is 23.5. The predicted molar refractivity (Wildman–Crippen MR) is 108 cm³/mol. The van der Waals surface area contributed by atoms with E-state index in [0.717, 1.165) is 6.07 Å². The van der Waals surface area contributed by atoms with E-state index in [1.807, 2.05) is 0 Å². The Bertz CT molecular complexity index is 1100. The molecule has 13 heteroatoms. The first kappa shape index (κ1) is 24.0. The number of esters is 1. The molecule has 174 valence electrons. The van der Waals surface area contributed by atoms with Gasteiger partial charge in [-0.15, -0.1) is 0 Å². The van der Waals surface area contributed by atoms with Crippen molar-refractivity contribution in [2.45, 2.75) is 24.7 Å². The van der Waals surface area contributed by atoms with Gasteiger partial charge in [-0.25, -0.2) is 14.5 Å². The molecule has 2 heterocycles. The minimum Gasteiger partial charge on any atom is -0.612 e. The molecule has 0 aliphatic heterocycles. The molecule has 2 aromatic heterocycles. The molecule has 3 aromatic rings. The Morgan fingerprint density at radius 2 is 2.03 bits per heavy atom. The standard InChI is InChI=1S/C19H21F3N4O5S/c1-4-31-17(27)12-9-23-26(10-12)18-24-14-7-13(19(20,21)22)16(32(3)28)8-15(14)25(18)11-30-6-5-29-2/h7-10H,4-6,11H2,1-3H3. The molecule has 0 fully saturated rings. The first-order chi connectivity index (χ1) is 15.2. The Labute approximate surface area is 184 Å². The molecule has 1 unspecified atom stereocenters. The second kappa shape index (κ2) is 9.90. The molecule has 0 bridgehead atoms. The number of carbonyl (C=O) groups excluding carboxylic acids is 1. The fourth-order valence-corrected chi connectivity index (χ4v) is 3.71. The van der Waals surface area contributed by atoms with Gasteiger partial charge >= 0.3 is 12.1 Å². The Kier molecular flexibility index (Phi) is 7.44. The summed E-state index contributed by atoms with van der Waals surface area (Å²) in [4.78, 5) is 15.9. The molecule has 32 heavy (non-hydrogen) atoms. The lowest BCUT2D eigenvalue weighted by molar-refractivity contribution is -0.139. The van der Waals surface area contributed by atoms with Crippen LogP contribution in [0.4, 0.5) is 13.2 Å². The van der Waals surface area contributed by atoms with E-state index in [9.17, 15) is 22.5 Å². The number of carbonyl (C=O) groups is 1. The van der Waals surface area contributed by atoms with Crippen LogP contribution in [-0.4, -0.2) is 63.0 Å². The van der Waals surface area contributed by atoms with E-state index in [2.05, 4.69) is 10.1 Å². The number of ether oxygens (including phenoxy) is 3. The Morgan fingerprint density at radius 1 is 1.28 bits per heavy atom. The van der Waals surface area contributed by atoms with Crippen LogP contribution in [0.5, 0.6) is 0 Å². The van der Waals surface area contributed by atoms with E-state index >= 15 is 0 Å². The Morgan fingerprint density at radius 3 is 2.66 bits per heavy atom. The number of alkyl halides is 3. The number of methoxy groups -OCH3 is 1. The minimum atomic E-state index is -4.71. The number of benzene rings is 1. The second-order valence-corrected chi connectivity index (χ2v) is 7.90. The number of rotatable bonds is 9. The van der Waals surface area contributed by atoms with E-state index in [-0.39, 0.29) is 47.4 Å². The molecule has 0 N–H and O–H groups in total. The number of hydrogen-bond acceptors (Lipinski definition) is 7. The number of aromatic nitrogens is 4. The van der Waals surface area contributed by atoms with E-state index in [4.69, 9.17) is 14.2 Å². The van der Waals surface area contributed by atoms with Gasteiger partial charge in [0.2, 0.25) is 5.95 Å². The van der Waals surface area contributed by atoms with Crippen molar-refractivity contribution in [2.75, 3.05) is 33.2 Å². The highest BCUT2D eigenvalue weighted by molar-refractivity contribution is 7.90. The first-order valence-electron chi connectivity index (χ1n) is 9.41. The lowest BCUT2D eigenvalue weighted by atomic mass is 10.2. The van der Waals surface area contributed by atoms with E-state index in [0.29, 0.717) is 6.61 Å². The van der Waals surface area contributed by atoms with E-state index in [1.165, 1.54) is 41.1 Å². The maximum Gasteiger partial charge on any atom is 0.421 e. The molecular weight excluding hydrogens is 453 g/mol. The summed E-state index contributed by atoms with van der Waals surface area (Å²) in [6, 6.07) is 2.02. The van der Waals surface area contributed by atoms with E-state index < -0.39 is 28.9 Å². The van der Waals surface area contributed by atoms with Gasteiger partial charge in [0.1, 0.15) is 18.6 Å². The summed E-state index contributed by atoms with van der Waals surface area (Å²) in [6.07, 6.45) is -0.918. The van der Waals surface area contributed by atoms with Crippen molar-refractivity contribution in [1.29, 1.82) is 0 Å². The highest BCUT2D eigenvalue weighted by atomic mass is 32.2. The first-order valence-corrected chi connectivity index (χ1v) is 11.0. The second-order valence-electron chi connectivity index (χ2n) is 6.55. The van der Waals surface area contributed by atoms with Gasteiger partial charge in [0, 0.05) is 19.4 Å². The number of halogens is 3. The van der Waals surface area contributed by atoms with E-state index in [1.54, 1.807) is 6.92 Å². The van der Waals surface area contributed by atoms with Crippen molar-refractivity contribution < 1.29 is 36.7 Å². The van der Waals surface area contributed by atoms with Crippen molar-refractivity contribution >= 4 is 28.2 Å². The lowest BCUT2D eigenvalue weighted by Crippen LogP contribution is -2.14. The predicted octanol–water partition coefficient (Wildman–Crippen LogP) is 2.78. The fourth-order valence-electron chi connectivity index (χ4n) is 2.95. The normalized spacial score (nSPS) is 13.0. The van der Waals surface area contributed by atoms with Gasteiger partial charge in [-0.3, -0.25) is 4.57 Å². The largest absolute Gasteiger partial charge is 0.612 e. The van der Waals surface area contributed by atoms with Crippen LogP contribution >= 0.6 is 0 Å². The van der Waals surface area contributed by atoms with Gasteiger partial charge in [-0.1, -0.05) is 0 Å². The molecule has 0 amide bonds. The number of hydrogen-bond donors (Lipinski definition) is 0. The van der Waals surface area contributed by atoms with Crippen LogP contribution in [0.2, 0.25) is 0 Å². The van der Waals surface area contributed by atoms with Gasteiger partial charge in [0.15, 0.2) is 4.90 Å². The molecule has 1 atom stereocenters. The van der Waals surface area contributed by atoms with Crippen molar-refractivity contribution in [2.24, 2.45) is 0 Å². The maximum absolute atomic E-state index is 13.5. The Hall–Kier alpha value is -2.61. The van der Waals surface area contributed by atoms with Crippen LogP contribution in [0.3, 0.4) is 0 Å². The molecule has 0 radical (unpaired) electrons. The SMILES string of the molecule is CCOC(=O)c1cnn(-c2nc3cc(C(F)(F)F)c([S+](C)[O-])cc3n2COCCOC)c1. The highest BCUT2D eigenvalue weighted by Gasteiger charge is 2.38. The molecule has 0 saturated heterocycles. The third-order valence-electron chi connectivity index (χ3n) is 4.40. The zero-order valence-electron chi connectivity index (χ0n) is 17.5. The van der Waals surface area contributed by atoms with Gasteiger partial charge in [-0.05, 0) is 24.2 Å². The molecule has 0 aliphatic rings. The number of imidazole rings is 1. The van der Waals surface area contributed by atoms with Crippen molar-refractivity contribution in [3.63, 3.8) is 0 Å². The summed E-state index contributed by atoms with van der Waals surface area (Å²) < 4.78 is 70.8. The van der Waals surface area contributed by atoms with Gasteiger partial charge in [0.05, 0.1) is 42.6 Å². The maximum atomic E-state index is 13.5. The average Bonchev–Trinajstić information content (AvgIpc) is 3.34. The summed E-state index contributed by atoms with van der Waals surface area (Å²) >= 11 is -1.91. The van der Waals surface area contributed by atoms with Crippen LogP contribution in [-0.2, 0) is 38.3 Å². The Balaban J connectivity index is 2.15. The summed E-state index contributed by atoms with van der Waals surface area (Å²) in [5.41, 5.74) is -0.610. The molecule has 0 saturated carbocycles. The third-order valence-corrected chi connectivity index (χ3v) is 5.35. The quantitative estimate of drug-likeness (QED) is 0.267. The summed E-state index contributed by atoms with van der Waals surface area (Å²) in [5, 5.41) is 4.09. The monoisotopic (exact) mass is 474 g/mol. The van der Waals surface area contributed by atoms with Crippen LogP contribution in [0.25, 0.3) is 17.0 Å². The highest BCUT2D eigenvalue weighted by Crippen LogP contribution is 2.37. The average molecular weight is 474 g/mol. The molecule has 1 aromatic carbocycles. The minimum absolute atomic E-state index is 0.00468. The van der Waals surface area contributed by atoms with Gasteiger partial charge < -0.3 is 18.8 Å². The fraction of sp³-hybridized carbons (Fsp3) is 0.421. The van der Waals surface area contributed by atoms with Crippen LogP contribution in [0, 0.1) is 0 Å². The molecule has 0 spiro atoms. The van der Waals surface area contributed by atoms with Crippen LogP contribution < -0.4 is 0 Å². The smallest absolute Gasteiger partial charge is 0.421 e. The summed E-state index contributed by atoms with van der Waals surface area (Å²) in [5.74, 6) is -0.485. The molecule has 0 aliphatic carbocycles. The van der Waals surface area contributed by atoms with Crippen molar-refractivity contribution in [3.05, 3.63) is 35.7 Å². The molecular formula is C19H21F3N4O5S. The summed E-state index contributed by atoms with van der Waals surface area (Å²) in [6.45, 7) is 2.26. The van der Waals surface area contributed by atoms with Crippen molar-refractivity contribution in [3.8, 4) is 5.95 Å². The van der Waals surface area contributed by atoms with Crippen LogP contribution in [0.15, 0.2) is 29.4 Å². The lowest BCUT2D eigenvalue weighted by Gasteiger charge is -2.14. The van der Waals surface area contributed by atoms with Gasteiger partial charge in [-0.2, -0.15) is 18.3 Å². The molecule has 9 nitrogen and oxygen atoms in total. The number of fused-ring (bicyclic) bond motifs is 1. The number of nitrogens with zero attached hydrogens (tertiary/aromatic N) is 4. The van der Waals surface area contributed by atoms with Crippen LogP contribution in [0.1, 0.15) is 22.8 Å². The third kappa shape index (κ3) is 5.06. The van der Waals surface area contributed by atoms with Crippen molar-refractivity contribution in [1.82, 2.24) is 19.3 Å². The van der Waals surface area contributed by atoms with Gasteiger partial charge in [0.25, 0.3) is 0 Å².